The fourth-order valence-electron chi connectivity index (χ4n) is 1.85. The number of benzene rings is 1. The molecule has 0 amide bonds. The van der Waals surface area contributed by atoms with E-state index in [9.17, 15) is 4.79 Å². The van der Waals surface area contributed by atoms with Gasteiger partial charge in [-0.3, -0.25) is 4.79 Å². The first-order chi connectivity index (χ1) is 9.74. The zero-order chi connectivity index (χ0) is 13.9. The molecular formula is C14H10N2O2S2. The summed E-state index contributed by atoms with van der Waals surface area (Å²) in [7, 11) is 0. The van der Waals surface area contributed by atoms with Crippen LogP contribution in [0.4, 0.5) is 0 Å². The highest BCUT2D eigenvalue weighted by molar-refractivity contribution is 7.21. The van der Waals surface area contributed by atoms with E-state index in [4.69, 9.17) is 5.11 Å². The molecule has 0 saturated carbocycles. The molecule has 3 rings (SSSR count). The number of carboxylic acid groups (broad SMARTS) is 1. The summed E-state index contributed by atoms with van der Waals surface area (Å²) < 4.78 is 0. The molecule has 2 heterocycles. The normalized spacial score (nSPS) is 10.6. The molecule has 1 N–H and O–H groups in total. The van der Waals surface area contributed by atoms with E-state index < -0.39 is 5.97 Å². The Morgan fingerprint density at radius 2 is 2.00 bits per heavy atom. The number of rotatable bonds is 4. The van der Waals surface area contributed by atoms with E-state index in [2.05, 4.69) is 9.97 Å². The average Bonchev–Trinajstić information content (AvgIpc) is 3.08. The van der Waals surface area contributed by atoms with Crippen LogP contribution in [0.1, 0.15) is 4.88 Å². The van der Waals surface area contributed by atoms with E-state index in [1.165, 1.54) is 22.7 Å². The molecule has 0 saturated heterocycles. The molecule has 0 aliphatic heterocycles. The van der Waals surface area contributed by atoms with Crippen molar-refractivity contribution in [3.05, 3.63) is 46.8 Å². The lowest BCUT2D eigenvalue weighted by atomic mass is 10.1. The van der Waals surface area contributed by atoms with Crippen LogP contribution in [0.3, 0.4) is 0 Å². The third kappa shape index (κ3) is 2.61. The van der Waals surface area contributed by atoms with Crippen molar-refractivity contribution < 1.29 is 9.90 Å². The summed E-state index contributed by atoms with van der Waals surface area (Å²) in [4.78, 5) is 20.6. The minimum atomic E-state index is -0.850. The van der Waals surface area contributed by atoms with Crippen LogP contribution in [-0.4, -0.2) is 21.0 Å². The summed E-state index contributed by atoms with van der Waals surface area (Å²) in [6, 6.07) is 9.64. The summed E-state index contributed by atoms with van der Waals surface area (Å²) in [5, 5.41) is 12.5. The molecule has 3 aromatic rings. The predicted octanol–water partition coefficient (Wildman–Crippen LogP) is 3.56. The van der Waals surface area contributed by atoms with E-state index in [0.717, 1.165) is 26.1 Å². The van der Waals surface area contributed by atoms with E-state index in [1.807, 2.05) is 35.7 Å². The first kappa shape index (κ1) is 13.0. The molecule has 6 heteroatoms. The first-order valence-electron chi connectivity index (χ1n) is 5.91. The van der Waals surface area contributed by atoms with Crippen LogP contribution in [0.2, 0.25) is 0 Å². The first-order valence-corrected chi connectivity index (χ1v) is 7.60. The van der Waals surface area contributed by atoms with E-state index >= 15 is 0 Å². The van der Waals surface area contributed by atoms with Gasteiger partial charge in [-0.15, -0.1) is 22.7 Å². The molecule has 0 spiro atoms. The van der Waals surface area contributed by atoms with Gasteiger partial charge < -0.3 is 5.11 Å². The van der Waals surface area contributed by atoms with Gasteiger partial charge in [0, 0.05) is 22.0 Å². The smallest absolute Gasteiger partial charge is 0.308 e. The summed E-state index contributed by atoms with van der Waals surface area (Å²) in [5.74, 6) is -0.850. The Morgan fingerprint density at radius 1 is 1.20 bits per heavy atom. The summed E-state index contributed by atoms with van der Waals surface area (Å²) in [6.07, 6.45) is 1.70. The minimum Gasteiger partial charge on any atom is -0.481 e. The molecule has 0 bridgehead atoms. The molecule has 0 radical (unpaired) electrons. The maximum Gasteiger partial charge on any atom is 0.308 e. The quantitative estimate of drug-likeness (QED) is 0.800. The zero-order valence-corrected chi connectivity index (χ0v) is 11.9. The van der Waals surface area contributed by atoms with Crippen molar-refractivity contribution >= 4 is 28.6 Å². The van der Waals surface area contributed by atoms with Crippen LogP contribution >= 0.6 is 22.7 Å². The van der Waals surface area contributed by atoms with Crippen molar-refractivity contribution in [2.24, 2.45) is 0 Å². The Bertz CT molecular complexity index is 721. The summed E-state index contributed by atoms with van der Waals surface area (Å²) in [5.41, 5.74) is 1.67. The van der Waals surface area contributed by atoms with E-state index in [1.54, 1.807) is 6.20 Å². The van der Waals surface area contributed by atoms with Gasteiger partial charge in [-0.05, 0) is 0 Å². The van der Waals surface area contributed by atoms with Crippen molar-refractivity contribution in [1.29, 1.82) is 0 Å². The average molecular weight is 302 g/mol. The van der Waals surface area contributed by atoms with Crippen molar-refractivity contribution in [2.75, 3.05) is 0 Å². The van der Waals surface area contributed by atoms with Crippen molar-refractivity contribution in [2.45, 2.75) is 6.42 Å². The Kier molecular flexibility index (Phi) is 3.58. The van der Waals surface area contributed by atoms with E-state index in [0.29, 0.717) is 0 Å². The maximum atomic E-state index is 11.0. The number of aliphatic carboxylic acids is 1. The lowest BCUT2D eigenvalue weighted by Gasteiger charge is -1.99. The van der Waals surface area contributed by atoms with Gasteiger partial charge in [0.2, 0.25) is 0 Å². The molecular weight excluding hydrogens is 292 g/mol. The van der Waals surface area contributed by atoms with E-state index in [-0.39, 0.29) is 6.42 Å². The van der Waals surface area contributed by atoms with Crippen LogP contribution in [0, 0.1) is 0 Å². The molecule has 0 aliphatic rings. The summed E-state index contributed by atoms with van der Waals surface area (Å²) >= 11 is 2.90. The topological polar surface area (TPSA) is 63.1 Å². The highest BCUT2D eigenvalue weighted by Crippen LogP contribution is 2.34. The number of hydrogen-bond donors (Lipinski definition) is 1. The van der Waals surface area contributed by atoms with Crippen LogP contribution in [0.25, 0.3) is 21.3 Å². The molecule has 1 aromatic carbocycles. The fraction of sp³-hybridized carbons (Fsp3) is 0.0714. The van der Waals surface area contributed by atoms with Gasteiger partial charge >= 0.3 is 5.97 Å². The lowest BCUT2D eigenvalue weighted by Crippen LogP contribution is -1.99. The van der Waals surface area contributed by atoms with Gasteiger partial charge in [0.15, 0.2) is 10.0 Å². The molecule has 2 aromatic heterocycles. The third-order valence-corrected chi connectivity index (χ3v) is 4.64. The number of aromatic nitrogens is 2. The predicted molar refractivity (Wildman–Crippen MR) is 80.0 cm³/mol. The monoisotopic (exact) mass is 302 g/mol. The largest absolute Gasteiger partial charge is 0.481 e. The van der Waals surface area contributed by atoms with Crippen LogP contribution < -0.4 is 0 Å². The van der Waals surface area contributed by atoms with Gasteiger partial charge in [0.25, 0.3) is 0 Å². The molecule has 0 unspecified atom stereocenters. The Labute approximate surface area is 123 Å². The van der Waals surface area contributed by atoms with Crippen LogP contribution in [-0.2, 0) is 11.2 Å². The molecule has 20 heavy (non-hydrogen) atoms. The number of thiazole rings is 2. The molecule has 0 atom stereocenters. The molecule has 0 aliphatic carbocycles. The zero-order valence-electron chi connectivity index (χ0n) is 10.3. The molecule has 4 nitrogen and oxygen atoms in total. The fourth-order valence-corrected chi connectivity index (χ4v) is 3.61. The molecule has 100 valence electrons. The molecule has 0 fully saturated rings. The minimum absolute atomic E-state index is 0.0206. The van der Waals surface area contributed by atoms with Crippen LogP contribution in [0.5, 0.6) is 0 Å². The van der Waals surface area contributed by atoms with Gasteiger partial charge in [-0.2, -0.15) is 0 Å². The second-order valence-corrected chi connectivity index (χ2v) is 6.04. The lowest BCUT2D eigenvalue weighted by molar-refractivity contribution is -0.136. The number of carboxylic acids is 1. The maximum absolute atomic E-state index is 11.0. The number of nitrogens with zero attached hydrogens (tertiary/aromatic N) is 2. The third-order valence-electron chi connectivity index (χ3n) is 2.67. The Balaban J connectivity index is 2.09. The highest BCUT2D eigenvalue weighted by atomic mass is 32.1. The number of hydrogen-bond acceptors (Lipinski definition) is 5. The van der Waals surface area contributed by atoms with Gasteiger partial charge in [-0.1, -0.05) is 30.3 Å². The summed E-state index contributed by atoms with van der Waals surface area (Å²) in [6.45, 7) is 0. The Morgan fingerprint density at radius 3 is 2.65 bits per heavy atom. The van der Waals surface area contributed by atoms with Gasteiger partial charge in [-0.25, -0.2) is 9.97 Å². The standard InChI is InChI=1S/C14H10N2O2S2/c17-11(18)8-10-12(9-4-2-1-3-5-9)16-14(20-10)13-15-6-7-19-13/h1-7H,8H2,(H,17,18). The van der Waals surface area contributed by atoms with Crippen molar-refractivity contribution in [3.8, 4) is 21.3 Å². The second-order valence-electron chi connectivity index (χ2n) is 4.06. The Hall–Kier alpha value is -2.05. The number of carbonyl (C=O) groups is 1. The SMILES string of the molecule is O=C(O)Cc1sc(-c2nccs2)nc1-c1ccccc1. The van der Waals surface area contributed by atoms with Gasteiger partial charge in [0.05, 0.1) is 12.1 Å². The van der Waals surface area contributed by atoms with Crippen molar-refractivity contribution in [1.82, 2.24) is 9.97 Å². The highest BCUT2D eigenvalue weighted by Gasteiger charge is 2.17. The van der Waals surface area contributed by atoms with Crippen molar-refractivity contribution in [3.63, 3.8) is 0 Å². The van der Waals surface area contributed by atoms with Crippen LogP contribution in [0.15, 0.2) is 41.9 Å². The van der Waals surface area contributed by atoms with Gasteiger partial charge in [0.1, 0.15) is 0 Å². The second kappa shape index (κ2) is 5.52.